The molecule has 0 aromatic rings. The van der Waals surface area contributed by atoms with E-state index in [1.54, 1.807) is 19.1 Å². The molecule has 1 aliphatic carbocycles. The van der Waals surface area contributed by atoms with Gasteiger partial charge in [-0.3, -0.25) is 4.79 Å². The molecular weight excluding hydrogens is 268 g/mol. The van der Waals surface area contributed by atoms with E-state index >= 15 is 0 Å². The molecule has 120 valence electrons. The van der Waals surface area contributed by atoms with Crippen molar-refractivity contribution in [2.75, 3.05) is 0 Å². The van der Waals surface area contributed by atoms with Gasteiger partial charge in [0.05, 0.1) is 5.92 Å². The van der Waals surface area contributed by atoms with Crippen molar-refractivity contribution in [3.05, 3.63) is 23.3 Å². The van der Waals surface area contributed by atoms with Crippen LogP contribution in [0.25, 0.3) is 0 Å². The van der Waals surface area contributed by atoms with E-state index in [0.717, 1.165) is 0 Å². The minimum atomic E-state index is -2.04. The average molecular weight is 296 g/mol. The van der Waals surface area contributed by atoms with Crippen molar-refractivity contribution in [3.8, 4) is 0 Å². The van der Waals surface area contributed by atoms with E-state index in [4.69, 9.17) is 0 Å². The van der Waals surface area contributed by atoms with Gasteiger partial charge in [-0.15, -0.1) is 0 Å². The Morgan fingerprint density at radius 2 is 1.38 bits per heavy atom. The Bertz CT molecular complexity index is 450. The molecule has 0 spiro atoms. The van der Waals surface area contributed by atoms with Crippen LogP contribution >= 0.6 is 0 Å². The SMILES string of the molecule is CC(C(=O)O)C1C=C(C(C)(C)C)C(O)(O)C(C(C)(C)C)=C1. The number of rotatable bonds is 2. The molecule has 0 radical (unpaired) electrons. The number of hydrogen-bond acceptors (Lipinski definition) is 3. The van der Waals surface area contributed by atoms with E-state index in [9.17, 15) is 20.1 Å². The summed E-state index contributed by atoms with van der Waals surface area (Å²) < 4.78 is 0. The number of carbonyl (C=O) groups is 1. The number of allylic oxidation sites excluding steroid dienone is 2. The fraction of sp³-hybridized carbons (Fsp3) is 0.706. The Morgan fingerprint density at radius 1 is 1.05 bits per heavy atom. The zero-order valence-electron chi connectivity index (χ0n) is 14.1. The lowest BCUT2D eigenvalue weighted by Gasteiger charge is -2.44. The first-order valence-corrected chi connectivity index (χ1v) is 7.32. The van der Waals surface area contributed by atoms with E-state index in [2.05, 4.69) is 0 Å². The fourth-order valence-electron chi connectivity index (χ4n) is 2.81. The average Bonchev–Trinajstić information content (AvgIpc) is 2.23. The number of carboxylic acid groups (broad SMARTS) is 1. The van der Waals surface area contributed by atoms with Crippen LogP contribution < -0.4 is 0 Å². The molecule has 0 aromatic heterocycles. The molecule has 0 fully saturated rings. The summed E-state index contributed by atoms with van der Waals surface area (Å²) in [6, 6.07) is 0. The van der Waals surface area contributed by atoms with E-state index in [1.807, 2.05) is 41.5 Å². The Labute approximate surface area is 127 Å². The molecule has 21 heavy (non-hydrogen) atoms. The van der Waals surface area contributed by atoms with Crippen molar-refractivity contribution in [1.82, 2.24) is 0 Å². The summed E-state index contributed by atoms with van der Waals surface area (Å²) in [5.41, 5.74) is -0.0174. The van der Waals surface area contributed by atoms with E-state index in [-0.39, 0.29) is 5.92 Å². The second-order valence-electron chi connectivity index (χ2n) is 8.04. The van der Waals surface area contributed by atoms with Crippen LogP contribution in [0.3, 0.4) is 0 Å². The molecule has 0 saturated carbocycles. The van der Waals surface area contributed by atoms with Crippen LogP contribution in [-0.4, -0.2) is 27.1 Å². The van der Waals surface area contributed by atoms with Gasteiger partial charge in [0, 0.05) is 5.92 Å². The molecule has 0 bridgehead atoms. The maximum Gasteiger partial charge on any atom is 0.307 e. The lowest BCUT2D eigenvalue weighted by Crippen LogP contribution is -2.46. The standard InChI is InChI=1S/C17H28O4/c1-10(14(18)19)11-8-12(15(2,3)4)17(20,21)13(9-11)16(5,6)7/h8-11,20-21H,1-7H3,(H,18,19). The zero-order valence-corrected chi connectivity index (χ0v) is 14.1. The molecule has 1 aliphatic rings. The maximum atomic E-state index is 11.3. The summed E-state index contributed by atoms with van der Waals surface area (Å²) in [4.78, 5) is 11.3. The highest BCUT2D eigenvalue weighted by Crippen LogP contribution is 2.47. The molecule has 4 heteroatoms. The van der Waals surface area contributed by atoms with E-state index < -0.39 is 28.5 Å². The summed E-state index contributed by atoms with van der Waals surface area (Å²) in [6.45, 7) is 13.0. The topological polar surface area (TPSA) is 77.8 Å². The van der Waals surface area contributed by atoms with Crippen LogP contribution in [-0.2, 0) is 4.79 Å². The Morgan fingerprint density at radius 3 is 1.62 bits per heavy atom. The Hall–Kier alpha value is -1.13. The van der Waals surface area contributed by atoms with Crippen LogP contribution in [0.15, 0.2) is 23.3 Å². The molecule has 0 aliphatic heterocycles. The van der Waals surface area contributed by atoms with Crippen LogP contribution in [0, 0.1) is 22.7 Å². The third kappa shape index (κ3) is 3.55. The van der Waals surface area contributed by atoms with Gasteiger partial charge in [-0.05, 0) is 22.0 Å². The quantitative estimate of drug-likeness (QED) is 0.541. The lowest BCUT2D eigenvalue weighted by atomic mass is 9.66. The van der Waals surface area contributed by atoms with Gasteiger partial charge in [-0.1, -0.05) is 60.6 Å². The summed E-state index contributed by atoms with van der Waals surface area (Å²) in [5, 5.41) is 30.6. The van der Waals surface area contributed by atoms with Crippen LogP contribution in [0.1, 0.15) is 48.5 Å². The van der Waals surface area contributed by atoms with Gasteiger partial charge < -0.3 is 15.3 Å². The Balaban J connectivity index is 3.49. The molecule has 0 amide bonds. The third-order valence-corrected chi connectivity index (χ3v) is 4.05. The van der Waals surface area contributed by atoms with Gasteiger partial charge in [0.25, 0.3) is 0 Å². The van der Waals surface area contributed by atoms with Gasteiger partial charge >= 0.3 is 5.97 Å². The number of carboxylic acids is 1. The van der Waals surface area contributed by atoms with Gasteiger partial charge in [0.1, 0.15) is 0 Å². The highest BCUT2D eigenvalue weighted by atomic mass is 16.5. The number of aliphatic hydroxyl groups is 2. The molecule has 4 nitrogen and oxygen atoms in total. The van der Waals surface area contributed by atoms with Crippen LogP contribution in [0.4, 0.5) is 0 Å². The van der Waals surface area contributed by atoms with Crippen molar-refractivity contribution < 1.29 is 20.1 Å². The smallest absolute Gasteiger partial charge is 0.307 e. The van der Waals surface area contributed by atoms with Crippen LogP contribution in [0.5, 0.6) is 0 Å². The normalized spacial score (nSPS) is 21.6. The van der Waals surface area contributed by atoms with Crippen molar-refractivity contribution in [2.45, 2.75) is 54.3 Å². The number of aliphatic carboxylic acids is 1. The molecule has 1 rings (SSSR count). The maximum absolute atomic E-state index is 11.3. The first kappa shape index (κ1) is 17.9. The number of hydrogen-bond donors (Lipinski definition) is 3. The predicted molar refractivity (Wildman–Crippen MR) is 82.5 cm³/mol. The summed E-state index contributed by atoms with van der Waals surface area (Å²) in [7, 11) is 0. The van der Waals surface area contributed by atoms with E-state index in [1.165, 1.54) is 0 Å². The highest BCUT2D eigenvalue weighted by Gasteiger charge is 2.47. The predicted octanol–water partition coefficient (Wildman–Crippen LogP) is 2.96. The largest absolute Gasteiger partial charge is 0.481 e. The molecule has 0 aromatic carbocycles. The minimum Gasteiger partial charge on any atom is -0.481 e. The van der Waals surface area contributed by atoms with Gasteiger partial charge in [0.15, 0.2) is 0 Å². The molecule has 3 N–H and O–H groups in total. The third-order valence-electron chi connectivity index (χ3n) is 4.05. The molecular formula is C17H28O4. The van der Waals surface area contributed by atoms with Crippen molar-refractivity contribution in [2.24, 2.45) is 22.7 Å². The second kappa shape index (κ2) is 5.25. The monoisotopic (exact) mass is 296 g/mol. The summed E-state index contributed by atoms with van der Waals surface area (Å²) in [6.07, 6.45) is 3.40. The first-order valence-electron chi connectivity index (χ1n) is 7.32. The van der Waals surface area contributed by atoms with Crippen molar-refractivity contribution >= 4 is 5.97 Å². The fourth-order valence-corrected chi connectivity index (χ4v) is 2.81. The van der Waals surface area contributed by atoms with E-state index in [0.29, 0.717) is 11.1 Å². The molecule has 1 unspecified atom stereocenters. The van der Waals surface area contributed by atoms with Gasteiger partial charge in [-0.2, -0.15) is 0 Å². The molecule has 0 saturated heterocycles. The minimum absolute atomic E-state index is 0.349. The van der Waals surface area contributed by atoms with Crippen molar-refractivity contribution in [1.29, 1.82) is 0 Å². The lowest BCUT2D eigenvalue weighted by molar-refractivity contribution is -0.142. The molecule has 0 heterocycles. The molecule has 1 atom stereocenters. The second-order valence-corrected chi connectivity index (χ2v) is 8.04. The summed E-state index contributed by atoms with van der Waals surface area (Å²) >= 11 is 0. The van der Waals surface area contributed by atoms with Crippen LogP contribution in [0.2, 0.25) is 0 Å². The highest BCUT2D eigenvalue weighted by molar-refractivity contribution is 5.71. The van der Waals surface area contributed by atoms with Gasteiger partial charge in [-0.25, -0.2) is 0 Å². The first-order chi connectivity index (χ1) is 9.19. The van der Waals surface area contributed by atoms with Gasteiger partial charge in [0.2, 0.25) is 5.79 Å². The summed E-state index contributed by atoms with van der Waals surface area (Å²) in [5.74, 6) is -3.89. The Kier molecular flexibility index (Phi) is 4.48. The zero-order chi connectivity index (χ0) is 16.8. The van der Waals surface area contributed by atoms with Crippen molar-refractivity contribution in [3.63, 3.8) is 0 Å².